The molecule has 3 amide bonds. The Morgan fingerprint density at radius 2 is 1.84 bits per heavy atom. The monoisotopic (exact) mass is 426 g/mol. The first kappa shape index (κ1) is 19.0. The maximum absolute atomic E-state index is 13.3. The molecule has 31 heavy (non-hydrogen) atoms. The third-order valence-electron chi connectivity index (χ3n) is 5.17. The lowest BCUT2D eigenvalue weighted by Crippen LogP contribution is -2.52. The molecule has 3 aliphatic rings. The first-order valence-corrected chi connectivity index (χ1v) is 9.54. The molecule has 3 heterocycles. The van der Waals surface area contributed by atoms with E-state index in [1.54, 1.807) is 35.2 Å². The van der Waals surface area contributed by atoms with Crippen LogP contribution in [0.15, 0.2) is 47.6 Å². The number of halogens is 1. The molecule has 0 bridgehead atoms. The zero-order chi connectivity index (χ0) is 21.5. The molecule has 0 aromatic heterocycles. The zero-order valence-electron chi connectivity index (χ0n) is 16.2. The highest BCUT2D eigenvalue weighted by molar-refractivity contribution is 6.32. The predicted molar refractivity (Wildman–Crippen MR) is 103 cm³/mol. The molecule has 5 rings (SSSR count). The number of nitrogens with one attached hydrogen (secondary N) is 1. The molecule has 0 radical (unpaired) electrons. The second kappa shape index (κ2) is 7.35. The van der Waals surface area contributed by atoms with Gasteiger partial charge in [-0.3, -0.25) is 14.5 Å². The smallest absolute Gasteiger partial charge is 0.454 e. The molecule has 0 spiro atoms. The fourth-order valence-corrected chi connectivity index (χ4v) is 3.67. The maximum atomic E-state index is 13.3. The van der Waals surface area contributed by atoms with Crippen LogP contribution in [0, 0.1) is 5.82 Å². The maximum Gasteiger partial charge on any atom is 0.502 e. The molecule has 2 aromatic carbocycles. The van der Waals surface area contributed by atoms with Gasteiger partial charge < -0.3 is 19.7 Å². The lowest BCUT2D eigenvalue weighted by atomic mass is 10.2. The molecule has 1 atom stereocenters. The summed E-state index contributed by atoms with van der Waals surface area (Å²) < 4.78 is 24.6. The fourth-order valence-electron chi connectivity index (χ4n) is 3.67. The summed E-state index contributed by atoms with van der Waals surface area (Å²) in [7, 11) is 0. The summed E-state index contributed by atoms with van der Waals surface area (Å²) >= 11 is 0. The van der Waals surface area contributed by atoms with Gasteiger partial charge in [-0.15, -0.1) is 0 Å². The van der Waals surface area contributed by atoms with Gasteiger partial charge in [0.05, 0.1) is 0 Å². The largest absolute Gasteiger partial charge is 0.502 e. The van der Waals surface area contributed by atoms with Crippen molar-refractivity contribution in [1.82, 2.24) is 4.90 Å². The van der Waals surface area contributed by atoms with Gasteiger partial charge >= 0.3 is 11.8 Å². The minimum Gasteiger partial charge on any atom is -0.454 e. The molecule has 1 N–H and O–H groups in total. The highest BCUT2D eigenvalue weighted by atomic mass is 19.1. The van der Waals surface area contributed by atoms with Crippen LogP contribution < -0.4 is 19.7 Å². The molecule has 1 fully saturated rings. The SMILES string of the molecule is O=C(C[N+]1=NC2N(CCN2c2ccc(F)cc2)C(=O)C1=O)Nc1ccc2c(c1)OCO2. The summed E-state index contributed by atoms with van der Waals surface area (Å²) in [5, 5.41) is 6.97. The Morgan fingerprint density at radius 3 is 2.65 bits per heavy atom. The van der Waals surface area contributed by atoms with Gasteiger partial charge in [0.15, 0.2) is 11.5 Å². The van der Waals surface area contributed by atoms with Gasteiger partial charge in [-0.1, -0.05) is 0 Å². The van der Waals surface area contributed by atoms with Crippen molar-refractivity contribution < 1.29 is 32.9 Å². The Labute approximate surface area is 175 Å². The number of carbonyl (C=O) groups is 3. The third kappa shape index (κ3) is 3.43. The topological polar surface area (TPSA) is 104 Å². The van der Waals surface area contributed by atoms with Crippen molar-refractivity contribution in [1.29, 1.82) is 0 Å². The Bertz CT molecular complexity index is 1120. The molecule has 3 aliphatic heterocycles. The zero-order valence-corrected chi connectivity index (χ0v) is 16.2. The number of anilines is 2. The summed E-state index contributed by atoms with van der Waals surface area (Å²) in [5.41, 5.74) is 1.12. The molecule has 0 aliphatic carbocycles. The second-order valence-electron chi connectivity index (χ2n) is 7.11. The first-order valence-electron chi connectivity index (χ1n) is 9.54. The quantitative estimate of drug-likeness (QED) is 0.581. The van der Waals surface area contributed by atoms with Crippen LogP contribution in [0.3, 0.4) is 0 Å². The average molecular weight is 426 g/mol. The number of ether oxygens (including phenoxy) is 2. The molecule has 10 nitrogen and oxygen atoms in total. The number of azo groups is 2. The minimum absolute atomic E-state index is 0.110. The van der Waals surface area contributed by atoms with Crippen LogP contribution in [0.1, 0.15) is 0 Å². The second-order valence-corrected chi connectivity index (χ2v) is 7.11. The lowest BCUT2D eigenvalue weighted by molar-refractivity contribution is -0.509. The summed E-state index contributed by atoms with van der Waals surface area (Å²) in [6.45, 7) is 0.405. The van der Waals surface area contributed by atoms with Gasteiger partial charge in [0.25, 0.3) is 18.7 Å². The molecule has 1 unspecified atom stereocenters. The standard InChI is InChI=1S/C20H16FN5O5/c21-12-1-4-14(5-2-12)24-7-8-25-18(28)19(29)26(23-20(24)25)10-17(27)22-13-3-6-15-16(9-13)31-11-30-15/h1-6,9,20H,7-8,10-11H2/p+1. The van der Waals surface area contributed by atoms with Crippen molar-refractivity contribution >= 4 is 29.1 Å². The number of nitrogens with zero attached hydrogens (tertiary/aromatic N) is 4. The van der Waals surface area contributed by atoms with Crippen LogP contribution >= 0.6 is 0 Å². The van der Waals surface area contributed by atoms with E-state index in [-0.39, 0.29) is 12.6 Å². The van der Waals surface area contributed by atoms with Crippen LogP contribution in [-0.4, -0.2) is 60.0 Å². The van der Waals surface area contributed by atoms with Crippen molar-refractivity contribution in [3.63, 3.8) is 0 Å². The molecule has 158 valence electrons. The van der Waals surface area contributed by atoms with Crippen molar-refractivity contribution in [3.8, 4) is 11.5 Å². The van der Waals surface area contributed by atoms with E-state index in [1.165, 1.54) is 17.0 Å². The third-order valence-corrected chi connectivity index (χ3v) is 5.17. The van der Waals surface area contributed by atoms with Crippen molar-refractivity contribution in [3.05, 3.63) is 48.3 Å². The number of benzene rings is 2. The Hall–Kier alpha value is -4.02. The fraction of sp³-hybridized carbons (Fsp3) is 0.250. The predicted octanol–water partition coefficient (Wildman–Crippen LogP) is 1.13. The van der Waals surface area contributed by atoms with E-state index in [1.807, 2.05) is 0 Å². The summed E-state index contributed by atoms with van der Waals surface area (Å²) in [4.78, 5) is 40.6. The van der Waals surface area contributed by atoms with E-state index in [9.17, 15) is 18.8 Å². The highest BCUT2D eigenvalue weighted by Gasteiger charge is 2.49. The van der Waals surface area contributed by atoms with E-state index in [2.05, 4.69) is 10.4 Å². The molecule has 2 aromatic rings. The highest BCUT2D eigenvalue weighted by Crippen LogP contribution is 2.34. The van der Waals surface area contributed by atoms with Crippen LogP contribution in [0.5, 0.6) is 11.5 Å². The van der Waals surface area contributed by atoms with Gasteiger partial charge in [-0.05, 0) is 41.1 Å². The van der Waals surface area contributed by atoms with Crippen LogP contribution in [-0.2, 0) is 14.4 Å². The number of hydrogen-bond acceptors (Lipinski definition) is 7. The molecule has 1 saturated heterocycles. The van der Waals surface area contributed by atoms with Gasteiger partial charge in [0, 0.05) is 35.6 Å². The lowest BCUT2D eigenvalue weighted by Gasteiger charge is -2.26. The number of carbonyl (C=O) groups excluding carboxylic acids is 3. The Morgan fingerprint density at radius 1 is 1.10 bits per heavy atom. The molecular weight excluding hydrogens is 409 g/mol. The molecular formula is C20H17FN5O5+. The summed E-state index contributed by atoms with van der Waals surface area (Å²) in [5.74, 6) is -1.44. The van der Waals surface area contributed by atoms with Crippen molar-refractivity contribution in [2.75, 3.05) is 36.6 Å². The van der Waals surface area contributed by atoms with Gasteiger partial charge in [-0.25, -0.2) is 9.18 Å². The van der Waals surface area contributed by atoms with Gasteiger partial charge in [0.1, 0.15) is 5.82 Å². The van der Waals surface area contributed by atoms with Crippen LogP contribution in [0.2, 0.25) is 0 Å². The number of amides is 3. The van der Waals surface area contributed by atoms with E-state index in [4.69, 9.17) is 9.47 Å². The van der Waals surface area contributed by atoms with Crippen LogP contribution in [0.4, 0.5) is 15.8 Å². The van der Waals surface area contributed by atoms with E-state index >= 15 is 0 Å². The Kier molecular flexibility index (Phi) is 4.50. The van der Waals surface area contributed by atoms with E-state index < -0.39 is 30.6 Å². The van der Waals surface area contributed by atoms with Crippen molar-refractivity contribution in [2.24, 2.45) is 5.11 Å². The summed E-state index contributed by atoms with van der Waals surface area (Å²) in [6, 6.07) is 10.7. The van der Waals surface area contributed by atoms with Crippen LogP contribution in [0.25, 0.3) is 0 Å². The number of hydrogen-bond donors (Lipinski definition) is 1. The first-order chi connectivity index (χ1) is 15.0. The van der Waals surface area contributed by atoms with Gasteiger partial charge in [0.2, 0.25) is 6.79 Å². The number of rotatable bonds is 4. The average Bonchev–Trinajstić information content (AvgIpc) is 3.39. The van der Waals surface area contributed by atoms with E-state index in [0.717, 1.165) is 4.70 Å². The summed E-state index contributed by atoms with van der Waals surface area (Å²) in [6.07, 6.45) is -0.783. The molecule has 0 saturated carbocycles. The van der Waals surface area contributed by atoms with E-state index in [0.29, 0.717) is 36.0 Å². The molecule has 11 heteroatoms. The Balaban J connectivity index is 1.34. The van der Waals surface area contributed by atoms with Gasteiger partial charge in [-0.2, -0.15) is 0 Å². The number of fused-ring (bicyclic) bond motifs is 2. The minimum atomic E-state index is -0.877. The van der Waals surface area contributed by atoms with Crippen molar-refractivity contribution in [2.45, 2.75) is 6.29 Å². The normalized spacial score (nSPS) is 19.4.